The normalized spacial score (nSPS) is 18.7. The van der Waals surface area contributed by atoms with E-state index in [0.717, 1.165) is 25.7 Å². The van der Waals surface area contributed by atoms with Gasteiger partial charge in [0.1, 0.15) is 23.3 Å². The molecule has 2 aromatic heterocycles. The van der Waals surface area contributed by atoms with E-state index >= 15 is 0 Å². The molecule has 1 aliphatic rings. The van der Waals surface area contributed by atoms with E-state index in [4.69, 9.17) is 14.4 Å². The van der Waals surface area contributed by atoms with Crippen molar-refractivity contribution in [2.24, 2.45) is 0 Å². The van der Waals surface area contributed by atoms with Crippen LogP contribution in [0.25, 0.3) is 11.0 Å². The number of hydrogen-bond donors (Lipinski definition) is 1. The maximum absolute atomic E-state index is 12.6. The summed E-state index contributed by atoms with van der Waals surface area (Å²) in [7, 11) is 0. The quantitative estimate of drug-likeness (QED) is 0.687. The maximum Gasteiger partial charge on any atom is 0.349 e. The third kappa shape index (κ3) is 4.27. The monoisotopic (exact) mass is 389 g/mol. The Bertz CT molecular complexity index is 1120. The van der Waals surface area contributed by atoms with E-state index in [-0.39, 0.29) is 17.7 Å². The van der Waals surface area contributed by atoms with Gasteiger partial charge in [-0.2, -0.15) is 5.26 Å². The number of nitrogens with zero attached hydrogens (tertiary/aromatic N) is 2. The van der Waals surface area contributed by atoms with Crippen LogP contribution in [-0.2, 0) is 0 Å². The number of amides is 1. The van der Waals surface area contributed by atoms with Crippen LogP contribution in [0, 0.1) is 11.3 Å². The molecule has 0 unspecified atom stereocenters. The molecule has 0 saturated heterocycles. The molecule has 0 atom stereocenters. The number of benzene rings is 1. The fourth-order valence-corrected chi connectivity index (χ4v) is 3.50. The third-order valence-corrected chi connectivity index (χ3v) is 5.05. The summed E-state index contributed by atoms with van der Waals surface area (Å²) in [4.78, 5) is 28.8. The summed E-state index contributed by atoms with van der Waals surface area (Å²) in [6, 6.07) is 14.0. The number of carbonyl (C=O) groups is 1. The smallest absolute Gasteiger partial charge is 0.349 e. The number of aromatic nitrogens is 1. The molecule has 1 fully saturated rings. The van der Waals surface area contributed by atoms with Crippen molar-refractivity contribution in [2.75, 3.05) is 0 Å². The van der Waals surface area contributed by atoms with Crippen LogP contribution < -0.4 is 15.7 Å². The molecule has 29 heavy (non-hydrogen) atoms. The fraction of sp³-hybridized carbons (Fsp3) is 0.273. The first-order valence-electron chi connectivity index (χ1n) is 9.49. The highest BCUT2D eigenvalue weighted by Gasteiger charge is 2.25. The van der Waals surface area contributed by atoms with Crippen molar-refractivity contribution < 1.29 is 13.9 Å². The van der Waals surface area contributed by atoms with Gasteiger partial charge < -0.3 is 14.5 Å². The van der Waals surface area contributed by atoms with E-state index < -0.39 is 11.5 Å². The Labute approximate surface area is 166 Å². The number of nitrogens with one attached hydrogen (secondary N) is 1. The van der Waals surface area contributed by atoms with Gasteiger partial charge in [-0.3, -0.25) is 4.79 Å². The first-order valence-corrected chi connectivity index (χ1v) is 9.49. The largest absolute Gasteiger partial charge is 0.474 e. The topological polar surface area (TPSA) is 105 Å². The predicted octanol–water partition coefficient (Wildman–Crippen LogP) is 3.18. The summed E-state index contributed by atoms with van der Waals surface area (Å²) in [5.41, 5.74) is 0.332. The molecule has 1 aliphatic carbocycles. The number of fused-ring (bicyclic) bond motifs is 1. The number of pyridine rings is 1. The Kier molecular flexibility index (Phi) is 5.25. The second-order valence-electron chi connectivity index (χ2n) is 7.05. The number of carbonyl (C=O) groups excluding carboxylic acids is 1. The zero-order valence-corrected chi connectivity index (χ0v) is 15.6. The van der Waals surface area contributed by atoms with Crippen LogP contribution in [0.15, 0.2) is 57.9 Å². The van der Waals surface area contributed by atoms with Gasteiger partial charge in [0.05, 0.1) is 5.56 Å². The highest BCUT2D eigenvalue weighted by molar-refractivity contribution is 5.96. The molecule has 0 radical (unpaired) electrons. The van der Waals surface area contributed by atoms with Gasteiger partial charge in [0.2, 0.25) is 5.88 Å². The Morgan fingerprint density at radius 2 is 1.97 bits per heavy atom. The van der Waals surface area contributed by atoms with Crippen molar-refractivity contribution in [1.29, 1.82) is 5.26 Å². The van der Waals surface area contributed by atoms with Gasteiger partial charge in [0.15, 0.2) is 0 Å². The van der Waals surface area contributed by atoms with Crippen LogP contribution in [0.3, 0.4) is 0 Å². The molecule has 4 rings (SSSR count). The number of ether oxygens (including phenoxy) is 1. The van der Waals surface area contributed by atoms with E-state index in [0.29, 0.717) is 22.4 Å². The Hall–Kier alpha value is -3.66. The van der Waals surface area contributed by atoms with E-state index in [1.54, 1.807) is 36.4 Å². The summed E-state index contributed by atoms with van der Waals surface area (Å²) in [5.74, 6) is 0.0767. The molecular weight excluding hydrogens is 370 g/mol. The van der Waals surface area contributed by atoms with Crippen LogP contribution in [0.1, 0.15) is 41.6 Å². The molecule has 1 aromatic carbocycles. The highest BCUT2D eigenvalue weighted by Crippen LogP contribution is 2.23. The second kappa shape index (κ2) is 8.15. The molecule has 7 heteroatoms. The molecule has 7 nitrogen and oxygen atoms in total. The van der Waals surface area contributed by atoms with Gasteiger partial charge in [-0.15, -0.1) is 0 Å². The first-order chi connectivity index (χ1) is 14.1. The Morgan fingerprint density at radius 1 is 1.17 bits per heavy atom. The summed E-state index contributed by atoms with van der Waals surface area (Å²) in [6.07, 6.45) is 4.50. The van der Waals surface area contributed by atoms with Crippen LogP contribution in [0.5, 0.6) is 5.88 Å². The number of para-hydroxylation sites is 1. The summed E-state index contributed by atoms with van der Waals surface area (Å²) < 4.78 is 11.1. The van der Waals surface area contributed by atoms with Gasteiger partial charge in [-0.1, -0.05) is 18.2 Å². The fourth-order valence-electron chi connectivity index (χ4n) is 3.50. The van der Waals surface area contributed by atoms with Crippen LogP contribution >= 0.6 is 0 Å². The summed E-state index contributed by atoms with van der Waals surface area (Å²) >= 11 is 0. The van der Waals surface area contributed by atoms with Gasteiger partial charge >= 0.3 is 5.63 Å². The second-order valence-corrected chi connectivity index (χ2v) is 7.05. The molecule has 1 saturated carbocycles. The molecule has 1 amide bonds. The van der Waals surface area contributed by atoms with Crippen molar-refractivity contribution in [3.05, 3.63) is 70.2 Å². The molecule has 0 spiro atoms. The van der Waals surface area contributed by atoms with Crippen molar-refractivity contribution in [3.63, 3.8) is 0 Å². The lowest BCUT2D eigenvalue weighted by atomic mass is 9.92. The molecule has 2 heterocycles. The summed E-state index contributed by atoms with van der Waals surface area (Å²) in [6.45, 7) is 0. The predicted molar refractivity (Wildman–Crippen MR) is 106 cm³/mol. The van der Waals surface area contributed by atoms with Crippen molar-refractivity contribution in [1.82, 2.24) is 10.3 Å². The van der Waals surface area contributed by atoms with E-state index in [1.165, 1.54) is 6.20 Å². The van der Waals surface area contributed by atoms with Crippen LogP contribution in [0.4, 0.5) is 0 Å². The molecule has 146 valence electrons. The lowest BCUT2D eigenvalue weighted by molar-refractivity contribution is 0.0887. The molecule has 3 aromatic rings. The molecule has 0 bridgehead atoms. The average Bonchev–Trinajstić information content (AvgIpc) is 2.75. The SMILES string of the molecule is N#Cc1ccc(OC2CCC(NC(=O)c3cc4ccccc4oc3=O)CC2)nc1. The minimum absolute atomic E-state index is 0.00864. The number of hydrogen-bond acceptors (Lipinski definition) is 6. The van der Waals surface area contributed by atoms with Crippen LogP contribution in [0.2, 0.25) is 0 Å². The average molecular weight is 389 g/mol. The molecule has 1 N–H and O–H groups in total. The van der Waals surface area contributed by atoms with E-state index in [2.05, 4.69) is 10.3 Å². The lowest BCUT2D eigenvalue weighted by Crippen LogP contribution is -2.41. The van der Waals surface area contributed by atoms with Crippen molar-refractivity contribution in [3.8, 4) is 11.9 Å². The maximum atomic E-state index is 12.6. The minimum Gasteiger partial charge on any atom is -0.474 e. The van der Waals surface area contributed by atoms with Gasteiger partial charge in [0.25, 0.3) is 5.91 Å². The van der Waals surface area contributed by atoms with E-state index in [1.807, 2.05) is 12.1 Å². The lowest BCUT2D eigenvalue weighted by Gasteiger charge is -2.29. The van der Waals surface area contributed by atoms with Crippen molar-refractivity contribution >= 4 is 16.9 Å². The zero-order valence-electron chi connectivity index (χ0n) is 15.6. The van der Waals surface area contributed by atoms with Gasteiger partial charge in [0, 0.05) is 23.7 Å². The Balaban J connectivity index is 1.34. The minimum atomic E-state index is -0.634. The first kappa shape index (κ1) is 18.7. The standard InChI is InChI=1S/C22H19N3O4/c23-12-14-5-10-20(24-13-14)28-17-8-6-16(7-9-17)25-21(26)18-11-15-3-1-2-4-19(15)29-22(18)27/h1-5,10-11,13,16-17H,6-9H2,(H,25,26). The summed E-state index contributed by atoms with van der Waals surface area (Å²) in [5, 5.41) is 12.5. The van der Waals surface area contributed by atoms with Crippen LogP contribution in [-0.4, -0.2) is 23.0 Å². The highest BCUT2D eigenvalue weighted by atomic mass is 16.5. The zero-order chi connectivity index (χ0) is 20.2. The van der Waals surface area contributed by atoms with Gasteiger partial charge in [-0.05, 0) is 43.9 Å². The van der Waals surface area contributed by atoms with Crippen molar-refractivity contribution in [2.45, 2.75) is 37.8 Å². The molecule has 0 aliphatic heterocycles. The van der Waals surface area contributed by atoms with Gasteiger partial charge in [-0.25, -0.2) is 9.78 Å². The number of rotatable bonds is 4. The Morgan fingerprint density at radius 3 is 2.69 bits per heavy atom. The number of nitriles is 1. The molecular formula is C22H19N3O4. The van der Waals surface area contributed by atoms with E-state index in [9.17, 15) is 9.59 Å². The third-order valence-electron chi connectivity index (χ3n) is 5.05.